The molecule has 2 nitrogen and oxygen atoms in total. The lowest BCUT2D eigenvalue weighted by atomic mass is 9.85. The van der Waals surface area contributed by atoms with Crippen molar-refractivity contribution in [3.63, 3.8) is 0 Å². The maximum absolute atomic E-state index is 5.35. The fourth-order valence-corrected chi connectivity index (χ4v) is 0.838. The third-order valence-corrected chi connectivity index (χ3v) is 1.65. The first-order valence-electron chi connectivity index (χ1n) is 3.59. The van der Waals surface area contributed by atoms with E-state index in [1.54, 1.807) is 0 Å². The van der Waals surface area contributed by atoms with Gasteiger partial charge in [0.15, 0.2) is 0 Å². The summed E-state index contributed by atoms with van der Waals surface area (Å²) in [5, 5.41) is 0. The average Bonchev–Trinajstić information content (AvgIpc) is 1.80. The molecule has 3 N–H and O–H groups in total. The van der Waals surface area contributed by atoms with Crippen molar-refractivity contribution in [3.8, 4) is 0 Å². The molecule has 0 spiro atoms. The molecule has 0 aromatic carbocycles. The predicted octanol–water partition coefficient (Wildman–Crippen LogP) is 1.44. The molecule has 60 valence electrons. The van der Waals surface area contributed by atoms with Gasteiger partial charge in [0.25, 0.3) is 0 Å². The molecule has 2 heteroatoms. The molecule has 0 heterocycles. The van der Waals surface area contributed by atoms with Crippen LogP contribution in [0, 0.1) is 5.41 Å². The molecule has 0 saturated carbocycles. The molecule has 0 rings (SSSR count). The molecule has 0 aromatic heterocycles. The Hall–Kier alpha value is -0.340. The third-order valence-electron chi connectivity index (χ3n) is 1.65. The van der Waals surface area contributed by atoms with Crippen molar-refractivity contribution in [3.05, 3.63) is 12.7 Å². The second kappa shape index (κ2) is 3.74. The lowest BCUT2D eigenvalue weighted by Crippen LogP contribution is -2.43. The lowest BCUT2D eigenvalue weighted by Gasteiger charge is -2.28. The fraction of sp³-hybridized carbons (Fsp3) is 0.750. The highest BCUT2D eigenvalue weighted by Gasteiger charge is 2.21. The standard InChI is InChI=1S/C8H18N2/c1-5-6-7(10-9)8(2,3)4/h5,7,10H,1,6,9H2,2-4H3/t7-/m0/s1. The van der Waals surface area contributed by atoms with Crippen LogP contribution in [0.4, 0.5) is 0 Å². The van der Waals surface area contributed by atoms with Gasteiger partial charge in [-0.3, -0.25) is 11.3 Å². The molecule has 0 aliphatic carbocycles. The Morgan fingerprint density at radius 2 is 2.10 bits per heavy atom. The molecule has 0 fully saturated rings. The van der Waals surface area contributed by atoms with E-state index in [1.165, 1.54) is 0 Å². The van der Waals surface area contributed by atoms with Crippen LogP contribution < -0.4 is 11.3 Å². The van der Waals surface area contributed by atoms with Crippen LogP contribution in [0.2, 0.25) is 0 Å². The van der Waals surface area contributed by atoms with Crippen LogP contribution >= 0.6 is 0 Å². The quantitative estimate of drug-likeness (QED) is 0.355. The van der Waals surface area contributed by atoms with Gasteiger partial charge < -0.3 is 0 Å². The molecule has 1 atom stereocenters. The summed E-state index contributed by atoms with van der Waals surface area (Å²) in [4.78, 5) is 0. The second-order valence-corrected chi connectivity index (χ2v) is 3.61. The minimum Gasteiger partial charge on any atom is -0.271 e. The van der Waals surface area contributed by atoms with E-state index >= 15 is 0 Å². The first-order valence-corrected chi connectivity index (χ1v) is 3.59. The molecule has 0 aliphatic rings. The van der Waals surface area contributed by atoms with Crippen molar-refractivity contribution >= 4 is 0 Å². The highest BCUT2D eigenvalue weighted by molar-refractivity contribution is 4.84. The molecule has 0 saturated heterocycles. The van der Waals surface area contributed by atoms with E-state index in [1.807, 2.05) is 6.08 Å². The first kappa shape index (κ1) is 9.66. The van der Waals surface area contributed by atoms with Crippen molar-refractivity contribution in [1.29, 1.82) is 0 Å². The van der Waals surface area contributed by atoms with Gasteiger partial charge in [0.05, 0.1) is 0 Å². The summed E-state index contributed by atoms with van der Waals surface area (Å²) >= 11 is 0. The van der Waals surface area contributed by atoms with Crippen LogP contribution in [-0.2, 0) is 0 Å². The van der Waals surface area contributed by atoms with E-state index in [0.717, 1.165) is 6.42 Å². The van der Waals surface area contributed by atoms with Gasteiger partial charge in [0.1, 0.15) is 0 Å². The molecule has 0 amide bonds. The minimum atomic E-state index is 0.211. The topological polar surface area (TPSA) is 38.0 Å². The Labute approximate surface area is 63.5 Å². The zero-order valence-corrected chi connectivity index (χ0v) is 7.15. The van der Waals surface area contributed by atoms with Gasteiger partial charge in [-0.25, -0.2) is 0 Å². The molecule has 0 bridgehead atoms. The zero-order valence-electron chi connectivity index (χ0n) is 7.15. The third kappa shape index (κ3) is 2.99. The molecule has 10 heavy (non-hydrogen) atoms. The maximum Gasteiger partial charge on any atom is 0.0293 e. The van der Waals surface area contributed by atoms with Gasteiger partial charge in [-0.15, -0.1) is 6.58 Å². The summed E-state index contributed by atoms with van der Waals surface area (Å²) in [6.45, 7) is 10.1. The van der Waals surface area contributed by atoms with E-state index in [2.05, 4.69) is 32.8 Å². The van der Waals surface area contributed by atoms with Gasteiger partial charge in [-0.05, 0) is 11.8 Å². The molecular weight excluding hydrogens is 124 g/mol. The highest BCUT2D eigenvalue weighted by Crippen LogP contribution is 2.20. The van der Waals surface area contributed by atoms with E-state index in [0.29, 0.717) is 6.04 Å². The molecule has 0 unspecified atom stereocenters. The Balaban J connectivity index is 3.92. The normalized spacial score (nSPS) is 14.8. The molecule has 0 aliphatic heterocycles. The number of hydrazine groups is 1. The number of nitrogens with one attached hydrogen (secondary N) is 1. The Bertz CT molecular complexity index is 102. The van der Waals surface area contributed by atoms with Crippen molar-refractivity contribution in [2.24, 2.45) is 11.3 Å². The zero-order chi connectivity index (χ0) is 8.20. The number of hydrogen-bond acceptors (Lipinski definition) is 2. The van der Waals surface area contributed by atoms with E-state index in [4.69, 9.17) is 5.84 Å². The number of hydrogen-bond donors (Lipinski definition) is 2. The van der Waals surface area contributed by atoms with Gasteiger partial charge >= 0.3 is 0 Å². The summed E-state index contributed by atoms with van der Waals surface area (Å²) in [5.74, 6) is 5.35. The lowest BCUT2D eigenvalue weighted by molar-refractivity contribution is 0.272. The van der Waals surface area contributed by atoms with Crippen molar-refractivity contribution in [2.45, 2.75) is 33.2 Å². The van der Waals surface area contributed by atoms with Crippen LogP contribution in [0.5, 0.6) is 0 Å². The maximum atomic E-state index is 5.35. The van der Waals surface area contributed by atoms with Crippen LogP contribution in [0.1, 0.15) is 27.2 Å². The van der Waals surface area contributed by atoms with Crippen molar-refractivity contribution in [2.75, 3.05) is 0 Å². The predicted molar refractivity (Wildman–Crippen MR) is 45.4 cm³/mol. The van der Waals surface area contributed by atoms with Gasteiger partial charge in [-0.2, -0.15) is 0 Å². The Morgan fingerprint density at radius 3 is 2.20 bits per heavy atom. The van der Waals surface area contributed by atoms with Crippen LogP contribution in [-0.4, -0.2) is 6.04 Å². The first-order chi connectivity index (χ1) is 4.52. The van der Waals surface area contributed by atoms with Gasteiger partial charge in [0.2, 0.25) is 0 Å². The average molecular weight is 142 g/mol. The van der Waals surface area contributed by atoms with E-state index in [9.17, 15) is 0 Å². The summed E-state index contributed by atoms with van der Waals surface area (Å²) < 4.78 is 0. The van der Waals surface area contributed by atoms with E-state index < -0.39 is 0 Å². The summed E-state index contributed by atoms with van der Waals surface area (Å²) in [6.07, 6.45) is 2.80. The van der Waals surface area contributed by atoms with Crippen LogP contribution in [0.15, 0.2) is 12.7 Å². The van der Waals surface area contributed by atoms with Crippen LogP contribution in [0.3, 0.4) is 0 Å². The highest BCUT2D eigenvalue weighted by atomic mass is 15.2. The van der Waals surface area contributed by atoms with E-state index in [-0.39, 0.29) is 5.41 Å². The van der Waals surface area contributed by atoms with Crippen molar-refractivity contribution in [1.82, 2.24) is 5.43 Å². The van der Waals surface area contributed by atoms with Gasteiger partial charge in [0, 0.05) is 6.04 Å². The monoisotopic (exact) mass is 142 g/mol. The summed E-state index contributed by atoms with van der Waals surface area (Å²) in [5.41, 5.74) is 2.98. The fourth-order valence-electron chi connectivity index (χ4n) is 0.838. The largest absolute Gasteiger partial charge is 0.271 e. The second-order valence-electron chi connectivity index (χ2n) is 3.61. The molecular formula is C8H18N2. The SMILES string of the molecule is C=CC[C@H](NN)C(C)(C)C. The number of rotatable bonds is 3. The summed E-state index contributed by atoms with van der Waals surface area (Å²) in [6, 6.07) is 0.324. The Morgan fingerprint density at radius 1 is 1.60 bits per heavy atom. The molecule has 0 aromatic rings. The van der Waals surface area contributed by atoms with Gasteiger partial charge in [-0.1, -0.05) is 26.8 Å². The molecule has 0 radical (unpaired) electrons. The smallest absolute Gasteiger partial charge is 0.0293 e. The number of nitrogens with two attached hydrogens (primary N) is 1. The van der Waals surface area contributed by atoms with Crippen molar-refractivity contribution < 1.29 is 0 Å². The Kier molecular flexibility index (Phi) is 3.61. The summed E-state index contributed by atoms with van der Waals surface area (Å²) in [7, 11) is 0. The minimum absolute atomic E-state index is 0.211. The van der Waals surface area contributed by atoms with Crippen LogP contribution in [0.25, 0.3) is 0 Å².